The number of anilines is 3. The Labute approximate surface area is 362 Å². The molecule has 0 saturated heterocycles. The molecule has 0 radical (unpaired) electrons. The van der Waals surface area contributed by atoms with Gasteiger partial charge in [0.1, 0.15) is 0 Å². The van der Waals surface area contributed by atoms with Crippen molar-refractivity contribution in [2.75, 3.05) is 4.90 Å². The fourth-order valence-electron chi connectivity index (χ4n) is 10.4. The van der Waals surface area contributed by atoms with Crippen LogP contribution in [0, 0.1) is 0 Å². The van der Waals surface area contributed by atoms with Crippen molar-refractivity contribution >= 4 is 49.4 Å². The molecule has 0 unspecified atom stereocenters. The lowest BCUT2D eigenvalue weighted by Crippen LogP contribution is -2.28. The molecule has 0 N–H and O–H groups in total. The molecular formula is C61H41N. The zero-order valence-corrected chi connectivity index (χ0v) is 34.1. The van der Waals surface area contributed by atoms with E-state index >= 15 is 0 Å². The number of hydrogen-bond acceptors (Lipinski definition) is 1. The Morgan fingerprint density at radius 2 is 0.871 bits per heavy atom. The van der Waals surface area contributed by atoms with Gasteiger partial charge in [0.2, 0.25) is 0 Å². The Bertz CT molecular complexity index is 3420. The fraction of sp³-hybridized carbons (Fsp3) is 0.0164. The van der Waals surface area contributed by atoms with Crippen LogP contribution in [0.25, 0.3) is 65.7 Å². The summed E-state index contributed by atoms with van der Waals surface area (Å²) in [4.78, 5) is 2.48. The second-order valence-electron chi connectivity index (χ2n) is 16.4. The van der Waals surface area contributed by atoms with Crippen molar-refractivity contribution < 1.29 is 0 Å². The van der Waals surface area contributed by atoms with E-state index in [2.05, 4.69) is 254 Å². The highest BCUT2D eigenvalue weighted by atomic mass is 15.1. The summed E-state index contributed by atoms with van der Waals surface area (Å²) < 4.78 is 0. The lowest BCUT2D eigenvalue weighted by atomic mass is 9.68. The first kappa shape index (κ1) is 35.9. The van der Waals surface area contributed by atoms with Crippen LogP contribution in [0.1, 0.15) is 22.3 Å². The highest BCUT2D eigenvalue weighted by Crippen LogP contribution is 2.59. The predicted octanol–water partition coefficient (Wildman–Crippen LogP) is 16.3. The maximum absolute atomic E-state index is 2.48. The molecule has 290 valence electrons. The van der Waals surface area contributed by atoms with Crippen LogP contribution in [0.2, 0.25) is 0 Å². The van der Waals surface area contributed by atoms with Crippen molar-refractivity contribution in [2.24, 2.45) is 0 Å². The second kappa shape index (κ2) is 14.6. The standard InChI is InChI=1S/C61H41N/c1-3-21-48(22-4-1)61(49-23-5-2-6-24-49)57-30-14-13-29-55(57)60-58(61)31-16-32-59(60)62(51-25-15-20-45(40-51)46-34-33-42-17-7-8-18-44(42)39-46)50-37-35-43(36-38-50)56-41-47-19-9-10-26-52(47)53-27-11-12-28-54(53)56/h1-41H. The van der Waals surface area contributed by atoms with Crippen LogP contribution in [-0.4, -0.2) is 0 Å². The van der Waals surface area contributed by atoms with E-state index in [1.165, 1.54) is 88.0 Å². The molecule has 11 aromatic rings. The van der Waals surface area contributed by atoms with E-state index in [9.17, 15) is 0 Å². The van der Waals surface area contributed by atoms with Gasteiger partial charge in [0.05, 0.1) is 11.1 Å². The molecule has 0 saturated carbocycles. The Morgan fingerprint density at radius 1 is 0.290 bits per heavy atom. The molecule has 0 amide bonds. The zero-order chi connectivity index (χ0) is 41.0. The quantitative estimate of drug-likeness (QED) is 0.145. The fourth-order valence-corrected chi connectivity index (χ4v) is 10.4. The molecule has 0 bridgehead atoms. The van der Waals surface area contributed by atoms with Gasteiger partial charge in [0.25, 0.3) is 0 Å². The second-order valence-corrected chi connectivity index (χ2v) is 16.4. The van der Waals surface area contributed by atoms with Crippen LogP contribution in [0.5, 0.6) is 0 Å². The van der Waals surface area contributed by atoms with Gasteiger partial charge < -0.3 is 4.90 Å². The molecule has 1 aliphatic rings. The van der Waals surface area contributed by atoms with Crippen LogP contribution < -0.4 is 4.90 Å². The predicted molar refractivity (Wildman–Crippen MR) is 262 cm³/mol. The molecule has 62 heavy (non-hydrogen) atoms. The number of benzene rings is 11. The third kappa shape index (κ3) is 5.63. The molecule has 1 nitrogen and oxygen atoms in total. The van der Waals surface area contributed by atoms with E-state index in [1.54, 1.807) is 0 Å². The Morgan fingerprint density at radius 3 is 1.65 bits per heavy atom. The maximum atomic E-state index is 2.48. The van der Waals surface area contributed by atoms with Crippen LogP contribution in [0.15, 0.2) is 249 Å². The van der Waals surface area contributed by atoms with Crippen molar-refractivity contribution in [3.05, 3.63) is 271 Å². The Balaban J connectivity index is 1.09. The SMILES string of the molecule is c1ccc(C2(c3ccccc3)c3ccccc3-c3c(N(c4ccc(-c5cc6ccccc6c6ccccc56)cc4)c4cccc(-c5ccc6ccccc6c5)c4)cccc32)cc1. The minimum atomic E-state index is -0.510. The number of rotatable bonds is 7. The third-order valence-corrected chi connectivity index (χ3v) is 13.1. The maximum Gasteiger partial charge on any atom is 0.0714 e. The van der Waals surface area contributed by atoms with Gasteiger partial charge in [-0.2, -0.15) is 0 Å². The number of fused-ring (bicyclic) bond motifs is 7. The van der Waals surface area contributed by atoms with Crippen molar-refractivity contribution in [1.29, 1.82) is 0 Å². The summed E-state index contributed by atoms with van der Waals surface area (Å²) in [5.41, 5.74) is 15.2. The smallest absolute Gasteiger partial charge is 0.0714 e. The van der Waals surface area contributed by atoms with Gasteiger partial charge in [-0.1, -0.05) is 206 Å². The van der Waals surface area contributed by atoms with E-state index in [-0.39, 0.29) is 0 Å². The summed E-state index contributed by atoms with van der Waals surface area (Å²) in [6, 6.07) is 91.7. The lowest BCUT2D eigenvalue weighted by Gasteiger charge is -2.34. The van der Waals surface area contributed by atoms with E-state index in [0.717, 1.165) is 17.1 Å². The minimum absolute atomic E-state index is 0.510. The largest absolute Gasteiger partial charge is 0.310 e. The van der Waals surface area contributed by atoms with E-state index < -0.39 is 5.41 Å². The molecule has 0 fully saturated rings. The molecule has 1 aliphatic carbocycles. The summed E-state index contributed by atoms with van der Waals surface area (Å²) in [5.74, 6) is 0. The van der Waals surface area contributed by atoms with Crippen LogP contribution >= 0.6 is 0 Å². The highest BCUT2D eigenvalue weighted by Gasteiger charge is 2.47. The molecule has 12 rings (SSSR count). The van der Waals surface area contributed by atoms with Gasteiger partial charge >= 0.3 is 0 Å². The van der Waals surface area contributed by atoms with Crippen molar-refractivity contribution in [1.82, 2.24) is 0 Å². The van der Waals surface area contributed by atoms with Crippen LogP contribution in [0.4, 0.5) is 17.1 Å². The van der Waals surface area contributed by atoms with Gasteiger partial charge in [0, 0.05) is 16.9 Å². The van der Waals surface area contributed by atoms with E-state index in [0.29, 0.717) is 0 Å². The van der Waals surface area contributed by atoms with Crippen molar-refractivity contribution in [3.8, 4) is 33.4 Å². The lowest BCUT2D eigenvalue weighted by molar-refractivity contribution is 0.768. The van der Waals surface area contributed by atoms with Gasteiger partial charge in [-0.05, 0) is 125 Å². The Kier molecular flexibility index (Phi) is 8.47. The summed E-state index contributed by atoms with van der Waals surface area (Å²) >= 11 is 0. The minimum Gasteiger partial charge on any atom is -0.310 e. The van der Waals surface area contributed by atoms with Gasteiger partial charge in [-0.3, -0.25) is 0 Å². The first-order valence-electron chi connectivity index (χ1n) is 21.5. The third-order valence-electron chi connectivity index (χ3n) is 13.1. The summed E-state index contributed by atoms with van der Waals surface area (Å²) in [5, 5.41) is 7.54. The Hall–Kier alpha value is -8.00. The molecule has 0 spiro atoms. The average Bonchev–Trinajstić information content (AvgIpc) is 3.66. The monoisotopic (exact) mass is 787 g/mol. The van der Waals surface area contributed by atoms with Crippen molar-refractivity contribution in [3.63, 3.8) is 0 Å². The van der Waals surface area contributed by atoms with Gasteiger partial charge in [-0.15, -0.1) is 0 Å². The molecule has 0 aliphatic heterocycles. The normalized spacial score (nSPS) is 12.6. The van der Waals surface area contributed by atoms with Crippen molar-refractivity contribution in [2.45, 2.75) is 5.41 Å². The molecule has 0 atom stereocenters. The zero-order valence-electron chi connectivity index (χ0n) is 34.1. The van der Waals surface area contributed by atoms with Gasteiger partial charge in [-0.25, -0.2) is 0 Å². The molecular weight excluding hydrogens is 747 g/mol. The van der Waals surface area contributed by atoms with E-state index in [4.69, 9.17) is 0 Å². The van der Waals surface area contributed by atoms with Crippen LogP contribution in [0.3, 0.4) is 0 Å². The topological polar surface area (TPSA) is 3.24 Å². The summed E-state index contributed by atoms with van der Waals surface area (Å²) in [6.45, 7) is 0. The summed E-state index contributed by atoms with van der Waals surface area (Å²) in [6.07, 6.45) is 0. The van der Waals surface area contributed by atoms with Gasteiger partial charge in [0.15, 0.2) is 0 Å². The summed E-state index contributed by atoms with van der Waals surface area (Å²) in [7, 11) is 0. The highest BCUT2D eigenvalue weighted by molar-refractivity contribution is 6.14. The molecule has 0 heterocycles. The number of hydrogen-bond donors (Lipinski definition) is 0. The first-order chi connectivity index (χ1) is 30.8. The molecule has 0 aromatic heterocycles. The van der Waals surface area contributed by atoms with E-state index in [1.807, 2.05) is 0 Å². The molecule has 1 heteroatoms. The average molecular weight is 788 g/mol. The molecule has 11 aromatic carbocycles. The van der Waals surface area contributed by atoms with Crippen LogP contribution in [-0.2, 0) is 5.41 Å². The first-order valence-corrected chi connectivity index (χ1v) is 21.5. The number of nitrogens with zero attached hydrogens (tertiary/aromatic N) is 1.